The number of fused-ring (bicyclic) bond motifs is 1. The lowest BCUT2D eigenvalue weighted by Crippen LogP contribution is -2.29. The summed E-state index contributed by atoms with van der Waals surface area (Å²) in [6.07, 6.45) is 1.51. The number of nitrogens with one attached hydrogen (secondary N) is 1. The third kappa shape index (κ3) is 6.45. The molecule has 4 aromatic rings. The van der Waals surface area contributed by atoms with Crippen LogP contribution in [0.3, 0.4) is 0 Å². The minimum absolute atomic E-state index is 0.0512. The van der Waals surface area contributed by atoms with Crippen LogP contribution in [0.2, 0.25) is 0 Å². The van der Waals surface area contributed by atoms with Crippen LogP contribution in [0.1, 0.15) is 32.2 Å². The molecule has 0 saturated heterocycles. The lowest BCUT2D eigenvalue weighted by molar-refractivity contribution is -0.118. The monoisotopic (exact) mass is 736 g/mol. The van der Waals surface area contributed by atoms with Gasteiger partial charge in [-0.15, -0.1) is 0 Å². The molecule has 0 saturated carbocycles. The van der Waals surface area contributed by atoms with Crippen molar-refractivity contribution in [2.75, 3.05) is 19.0 Å². The second-order valence-electron chi connectivity index (χ2n) is 9.65. The molecule has 8 nitrogen and oxygen atoms in total. The SMILES string of the molecule is COc1cc(C=Nn2c(C(C)(C)C)nc3ccc(Br)cc3c2=O)c(Br)c(Br)c1OCC(=O)Nc1ccccc1F. The van der Waals surface area contributed by atoms with E-state index >= 15 is 0 Å². The van der Waals surface area contributed by atoms with E-state index in [0.29, 0.717) is 37.0 Å². The summed E-state index contributed by atoms with van der Waals surface area (Å²) in [4.78, 5) is 30.6. The lowest BCUT2D eigenvalue weighted by atomic mass is 9.95. The van der Waals surface area contributed by atoms with E-state index in [0.717, 1.165) is 4.47 Å². The van der Waals surface area contributed by atoms with Crippen molar-refractivity contribution in [3.8, 4) is 11.5 Å². The van der Waals surface area contributed by atoms with E-state index < -0.39 is 23.7 Å². The normalized spacial score (nSPS) is 11.7. The molecule has 0 aliphatic rings. The second kappa shape index (κ2) is 12.2. The Hall–Kier alpha value is -3.09. The predicted molar refractivity (Wildman–Crippen MR) is 164 cm³/mol. The fourth-order valence-electron chi connectivity index (χ4n) is 3.73. The van der Waals surface area contributed by atoms with Gasteiger partial charge in [0.25, 0.3) is 11.5 Å². The average Bonchev–Trinajstić information content (AvgIpc) is 2.90. The molecule has 0 aliphatic heterocycles. The number of anilines is 1. The van der Waals surface area contributed by atoms with Crippen LogP contribution in [-0.4, -0.2) is 35.5 Å². The van der Waals surface area contributed by atoms with E-state index in [4.69, 9.17) is 14.5 Å². The molecule has 0 aliphatic carbocycles. The zero-order valence-electron chi connectivity index (χ0n) is 21.9. The van der Waals surface area contributed by atoms with Crippen LogP contribution in [0.25, 0.3) is 10.9 Å². The zero-order valence-corrected chi connectivity index (χ0v) is 26.6. The third-order valence-corrected chi connectivity index (χ3v) is 8.30. The number of halogens is 4. The van der Waals surface area contributed by atoms with Crippen molar-refractivity contribution < 1.29 is 18.7 Å². The van der Waals surface area contributed by atoms with Gasteiger partial charge in [-0.3, -0.25) is 9.59 Å². The first kappa shape index (κ1) is 29.9. The summed E-state index contributed by atoms with van der Waals surface area (Å²) in [5.74, 6) is -0.0555. The molecule has 0 bridgehead atoms. The smallest absolute Gasteiger partial charge is 0.282 e. The van der Waals surface area contributed by atoms with Gasteiger partial charge >= 0.3 is 0 Å². The Kier molecular flexibility index (Phi) is 9.11. The van der Waals surface area contributed by atoms with Crippen LogP contribution >= 0.6 is 47.8 Å². The molecule has 208 valence electrons. The van der Waals surface area contributed by atoms with Gasteiger partial charge in [0.1, 0.15) is 11.6 Å². The summed E-state index contributed by atoms with van der Waals surface area (Å²) < 4.78 is 28.1. The van der Waals surface area contributed by atoms with Crippen LogP contribution in [0, 0.1) is 5.82 Å². The highest BCUT2D eigenvalue weighted by Crippen LogP contribution is 2.42. The standard InChI is InChI=1S/C28H24Br3FN4O4/c1-28(2,3)27-35-19-10-9-16(29)12-17(19)26(38)36(27)33-13-15-11-21(39-4)25(24(31)23(15)30)40-14-22(37)34-20-8-6-5-7-18(20)32/h5-13H,14H2,1-4H3,(H,34,37). The molecule has 0 fully saturated rings. The van der Waals surface area contributed by atoms with Gasteiger partial charge in [0.15, 0.2) is 18.1 Å². The maximum atomic E-state index is 13.9. The third-order valence-electron chi connectivity index (χ3n) is 5.66. The van der Waals surface area contributed by atoms with E-state index in [1.54, 1.807) is 24.3 Å². The minimum Gasteiger partial charge on any atom is -0.493 e. The van der Waals surface area contributed by atoms with Crippen molar-refractivity contribution in [2.45, 2.75) is 26.2 Å². The molecular weight excluding hydrogens is 715 g/mol. The number of carbonyl (C=O) groups is 1. The summed E-state index contributed by atoms with van der Waals surface area (Å²) >= 11 is 10.4. The number of methoxy groups -OCH3 is 1. The van der Waals surface area contributed by atoms with Crippen molar-refractivity contribution in [1.29, 1.82) is 0 Å². The summed E-state index contributed by atoms with van der Waals surface area (Å²) in [6.45, 7) is 5.46. The van der Waals surface area contributed by atoms with Gasteiger partial charge < -0.3 is 14.8 Å². The van der Waals surface area contributed by atoms with Gasteiger partial charge in [-0.05, 0) is 68.3 Å². The highest BCUT2D eigenvalue weighted by molar-refractivity contribution is 9.13. The molecule has 0 radical (unpaired) electrons. The van der Waals surface area contributed by atoms with Crippen molar-refractivity contribution in [2.24, 2.45) is 5.10 Å². The molecule has 1 aromatic heterocycles. The largest absolute Gasteiger partial charge is 0.493 e. The van der Waals surface area contributed by atoms with E-state index in [2.05, 4.69) is 58.2 Å². The van der Waals surface area contributed by atoms with Crippen molar-refractivity contribution in [3.63, 3.8) is 0 Å². The maximum Gasteiger partial charge on any atom is 0.282 e. The Balaban J connectivity index is 1.67. The topological polar surface area (TPSA) is 94.8 Å². The second-order valence-corrected chi connectivity index (χ2v) is 12.2. The number of carbonyl (C=O) groups excluding carboxylic acids is 1. The van der Waals surface area contributed by atoms with Crippen molar-refractivity contribution in [3.05, 3.63) is 89.5 Å². The van der Waals surface area contributed by atoms with Crippen molar-refractivity contribution >= 4 is 76.5 Å². The first-order valence-electron chi connectivity index (χ1n) is 11.9. The Labute approximate surface area is 255 Å². The maximum absolute atomic E-state index is 13.9. The van der Waals surface area contributed by atoms with E-state index in [1.165, 1.54) is 36.2 Å². The number of hydrogen-bond acceptors (Lipinski definition) is 6. The lowest BCUT2D eigenvalue weighted by Gasteiger charge is -2.21. The highest BCUT2D eigenvalue weighted by atomic mass is 79.9. The Morgan fingerprint density at radius 2 is 1.85 bits per heavy atom. The van der Waals surface area contributed by atoms with E-state index in [1.807, 2.05) is 26.8 Å². The number of benzene rings is 3. The van der Waals surface area contributed by atoms with Crippen LogP contribution in [0.15, 0.2) is 71.8 Å². The number of hydrogen-bond donors (Lipinski definition) is 1. The molecule has 1 N–H and O–H groups in total. The van der Waals surface area contributed by atoms with Gasteiger partial charge in [0.05, 0.1) is 34.4 Å². The first-order valence-corrected chi connectivity index (χ1v) is 14.3. The van der Waals surface area contributed by atoms with Crippen molar-refractivity contribution in [1.82, 2.24) is 9.66 Å². The molecule has 12 heteroatoms. The number of para-hydroxylation sites is 1. The van der Waals surface area contributed by atoms with Crippen LogP contribution in [0.4, 0.5) is 10.1 Å². The molecule has 1 heterocycles. The molecule has 40 heavy (non-hydrogen) atoms. The fraction of sp³-hybridized carbons (Fsp3) is 0.214. The molecule has 0 spiro atoms. The van der Waals surface area contributed by atoms with Crippen LogP contribution in [0.5, 0.6) is 11.5 Å². The zero-order chi connectivity index (χ0) is 29.2. The van der Waals surface area contributed by atoms with Gasteiger partial charge in [0.2, 0.25) is 0 Å². The molecule has 0 atom stereocenters. The van der Waals surface area contributed by atoms with E-state index in [9.17, 15) is 14.0 Å². The Morgan fingerprint density at radius 1 is 1.12 bits per heavy atom. The number of ether oxygens (including phenoxy) is 2. The van der Waals surface area contributed by atoms with Crippen LogP contribution in [-0.2, 0) is 10.2 Å². The molecular formula is C28H24Br3FN4O4. The highest BCUT2D eigenvalue weighted by Gasteiger charge is 2.23. The minimum atomic E-state index is -0.552. The van der Waals surface area contributed by atoms with Gasteiger partial charge in [-0.25, -0.2) is 9.37 Å². The number of aromatic nitrogens is 2. The molecule has 1 amide bonds. The fourth-order valence-corrected chi connectivity index (χ4v) is 5.03. The number of rotatable bonds is 7. The molecule has 0 unspecified atom stereocenters. The first-order chi connectivity index (χ1) is 18.9. The average molecular weight is 739 g/mol. The Morgan fingerprint density at radius 3 is 2.52 bits per heavy atom. The van der Waals surface area contributed by atoms with Gasteiger partial charge in [-0.2, -0.15) is 9.78 Å². The number of amides is 1. The van der Waals surface area contributed by atoms with Crippen LogP contribution < -0.4 is 20.3 Å². The van der Waals surface area contributed by atoms with E-state index in [-0.39, 0.29) is 17.0 Å². The molecule has 4 rings (SSSR count). The predicted octanol–water partition coefficient (Wildman–Crippen LogP) is 7.03. The summed E-state index contributed by atoms with van der Waals surface area (Å²) in [5, 5.41) is 7.41. The number of nitrogens with zero attached hydrogens (tertiary/aromatic N) is 3. The summed E-state index contributed by atoms with van der Waals surface area (Å²) in [7, 11) is 1.45. The summed E-state index contributed by atoms with van der Waals surface area (Å²) in [5.41, 5.74) is 0.406. The molecule has 3 aromatic carbocycles. The quantitative estimate of drug-likeness (QED) is 0.206. The summed E-state index contributed by atoms with van der Waals surface area (Å²) in [6, 6.07) is 12.8. The van der Waals surface area contributed by atoms with Gasteiger partial charge in [-0.1, -0.05) is 48.8 Å². The Bertz CT molecular complexity index is 1700. The van der Waals surface area contributed by atoms with Gasteiger partial charge in [0, 0.05) is 19.9 Å².